The quantitative estimate of drug-likeness (QED) is 0.713. The van der Waals surface area contributed by atoms with E-state index in [1.54, 1.807) is 9.58 Å². The van der Waals surface area contributed by atoms with Crippen molar-refractivity contribution in [1.29, 1.82) is 0 Å². The number of aryl methyl sites for hydroxylation is 1. The number of aromatic nitrogens is 2. The number of nitrogens with one attached hydrogen (secondary N) is 1. The summed E-state index contributed by atoms with van der Waals surface area (Å²) in [6.07, 6.45) is 9.10. The highest BCUT2D eigenvalue weighted by Gasteiger charge is 2.49. The van der Waals surface area contributed by atoms with Gasteiger partial charge in [0.25, 0.3) is 5.91 Å². The standard InChI is InChI=1S/C26H34N4O2/c1-18-9-7-8-10-20(18)16-29-24(31)23-15-22(19-13-14-19)28-30(23)17-26(29,2)25(32)27-21-11-5-3-4-6-12-21/h7-10,15,19,21H,3-6,11-14,16-17H2,1-2H3,(H,27,32)/t26-/m1/s1. The van der Waals surface area contributed by atoms with E-state index < -0.39 is 5.54 Å². The third-order valence-corrected chi connectivity index (χ3v) is 7.58. The molecule has 1 atom stereocenters. The summed E-state index contributed by atoms with van der Waals surface area (Å²) in [5.41, 5.74) is 2.83. The molecule has 170 valence electrons. The van der Waals surface area contributed by atoms with Gasteiger partial charge in [0.05, 0.1) is 12.2 Å². The molecule has 3 aliphatic rings. The van der Waals surface area contributed by atoms with Gasteiger partial charge in [-0.2, -0.15) is 5.10 Å². The van der Waals surface area contributed by atoms with Crippen LogP contribution in [0.3, 0.4) is 0 Å². The summed E-state index contributed by atoms with van der Waals surface area (Å²) in [5.74, 6) is 0.315. The lowest BCUT2D eigenvalue weighted by Gasteiger charge is -2.44. The molecule has 5 rings (SSSR count). The Morgan fingerprint density at radius 3 is 2.53 bits per heavy atom. The number of amides is 2. The summed E-state index contributed by atoms with van der Waals surface area (Å²) >= 11 is 0. The molecule has 0 unspecified atom stereocenters. The van der Waals surface area contributed by atoms with Crippen LogP contribution in [-0.4, -0.2) is 38.1 Å². The van der Waals surface area contributed by atoms with Crippen LogP contribution in [0.5, 0.6) is 0 Å². The first kappa shape index (κ1) is 21.2. The van der Waals surface area contributed by atoms with E-state index in [1.165, 1.54) is 12.8 Å². The van der Waals surface area contributed by atoms with Crippen molar-refractivity contribution in [1.82, 2.24) is 20.0 Å². The van der Waals surface area contributed by atoms with Gasteiger partial charge >= 0.3 is 0 Å². The third-order valence-electron chi connectivity index (χ3n) is 7.58. The SMILES string of the molecule is Cc1ccccc1CN1C(=O)c2cc(C3CC3)nn2C[C@]1(C)C(=O)NC1CCCCCC1. The number of hydrogen-bond donors (Lipinski definition) is 1. The zero-order chi connectivity index (χ0) is 22.3. The van der Waals surface area contributed by atoms with Crippen molar-refractivity contribution < 1.29 is 9.59 Å². The third kappa shape index (κ3) is 3.96. The molecule has 6 heteroatoms. The molecule has 0 saturated heterocycles. The first-order chi connectivity index (χ1) is 15.5. The van der Waals surface area contributed by atoms with Gasteiger partial charge in [0.15, 0.2) is 0 Å². The molecule has 1 aliphatic heterocycles. The van der Waals surface area contributed by atoms with Crippen molar-refractivity contribution in [3.63, 3.8) is 0 Å². The van der Waals surface area contributed by atoms with Crippen molar-refractivity contribution in [3.8, 4) is 0 Å². The van der Waals surface area contributed by atoms with Gasteiger partial charge in [-0.3, -0.25) is 14.3 Å². The lowest BCUT2D eigenvalue weighted by molar-refractivity contribution is -0.134. The summed E-state index contributed by atoms with van der Waals surface area (Å²) < 4.78 is 1.79. The predicted octanol–water partition coefficient (Wildman–Crippen LogP) is 4.32. The average Bonchev–Trinajstić information content (AvgIpc) is 3.58. The monoisotopic (exact) mass is 434 g/mol. The molecule has 2 aliphatic carbocycles. The first-order valence-corrected chi connectivity index (χ1v) is 12.2. The van der Waals surface area contributed by atoms with Crippen molar-refractivity contribution >= 4 is 11.8 Å². The molecule has 0 spiro atoms. The molecule has 1 aromatic carbocycles. The molecular weight excluding hydrogens is 400 g/mol. The Balaban J connectivity index is 1.48. The maximum absolute atomic E-state index is 13.7. The van der Waals surface area contributed by atoms with Crippen molar-refractivity contribution in [2.24, 2.45) is 0 Å². The Morgan fingerprint density at radius 1 is 1.12 bits per heavy atom. The zero-order valence-corrected chi connectivity index (χ0v) is 19.3. The Labute approximate surface area is 190 Å². The molecule has 0 radical (unpaired) electrons. The molecule has 6 nitrogen and oxygen atoms in total. The Kier molecular flexibility index (Phi) is 5.56. The highest BCUT2D eigenvalue weighted by molar-refractivity contribution is 5.99. The Morgan fingerprint density at radius 2 is 1.84 bits per heavy atom. The van der Waals surface area contributed by atoms with Crippen molar-refractivity contribution in [2.75, 3.05) is 0 Å². The van der Waals surface area contributed by atoms with Crippen LogP contribution >= 0.6 is 0 Å². The lowest BCUT2D eigenvalue weighted by Crippen LogP contribution is -2.64. The van der Waals surface area contributed by atoms with Gasteiger partial charge in [-0.05, 0) is 56.7 Å². The number of rotatable bonds is 5. The van der Waals surface area contributed by atoms with Crippen LogP contribution in [-0.2, 0) is 17.9 Å². The second kappa shape index (κ2) is 8.38. The van der Waals surface area contributed by atoms with Gasteiger partial charge in [0.2, 0.25) is 5.91 Å². The summed E-state index contributed by atoms with van der Waals surface area (Å²) in [4.78, 5) is 29.3. The van der Waals surface area contributed by atoms with E-state index in [2.05, 4.69) is 18.3 Å². The molecule has 2 amide bonds. The number of carbonyl (C=O) groups excluding carboxylic acids is 2. The van der Waals surface area contributed by atoms with Gasteiger partial charge in [0, 0.05) is 18.5 Å². The second-order valence-electron chi connectivity index (χ2n) is 10.1. The number of hydrogen-bond acceptors (Lipinski definition) is 3. The van der Waals surface area contributed by atoms with Gasteiger partial charge < -0.3 is 10.2 Å². The van der Waals surface area contributed by atoms with E-state index >= 15 is 0 Å². The van der Waals surface area contributed by atoms with Crippen LogP contribution in [0.25, 0.3) is 0 Å². The van der Waals surface area contributed by atoms with Gasteiger partial charge in [-0.25, -0.2) is 0 Å². The highest BCUT2D eigenvalue weighted by atomic mass is 16.2. The topological polar surface area (TPSA) is 67.2 Å². The van der Waals surface area contributed by atoms with E-state index in [0.29, 0.717) is 24.7 Å². The molecule has 2 saturated carbocycles. The van der Waals surface area contributed by atoms with Gasteiger partial charge in [0.1, 0.15) is 11.2 Å². The van der Waals surface area contributed by atoms with Crippen molar-refractivity contribution in [3.05, 3.63) is 52.8 Å². The van der Waals surface area contributed by atoms with E-state index in [0.717, 1.165) is 55.3 Å². The first-order valence-electron chi connectivity index (χ1n) is 12.2. The minimum atomic E-state index is -0.981. The van der Waals surface area contributed by atoms with Crippen LogP contribution in [0.15, 0.2) is 30.3 Å². The van der Waals surface area contributed by atoms with E-state index in [-0.39, 0.29) is 17.9 Å². The lowest BCUT2D eigenvalue weighted by atomic mass is 9.92. The normalized spacial score (nSPS) is 24.2. The van der Waals surface area contributed by atoms with Crippen LogP contribution in [0, 0.1) is 6.92 Å². The zero-order valence-electron chi connectivity index (χ0n) is 19.3. The summed E-state index contributed by atoms with van der Waals surface area (Å²) in [6.45, 7) is 4.79. The number of fused-ring (bicyclic) bond motifs is 1. The summed E-state index contributed by atoms with van der Waals surface area (Å²) in [5, 5.41) is 8.07. The largest absolute Gasteiger partial charge is 0.351 e. The summed E-state index contributed by atoms with van der Waals surface area (Å²) in [7, 11) is 0. The van der Waals surface area contributed by atoms with E-state index in [4.69, 9.17) is 5.10 Å². The van der Waals surface area contributed by atoms with Crippen LogP contribution < -0.4 is 5.32 Å². The fourth-order valence-corrected chi connectivity index (χ4v) is 5.21. The van der Waals surface area contributed by atoms with Crippen LogP contribution in [0.4, 0.5) is 0 Å². The van der Waals surface area contributed by atoms with E-state index in [9.17, 15) is 9.59 Å². The van der Waals surface area contributed by atoms with Gasteiger partial charge in [-0.1, -0.05) is 49.9 Å². The fraction of sp³-hybridized carbons (Fsp3) is 0.577. The highest BCUT2D eigenvalue weighted by Crippen LogP contribution is 2.41. The predicted molar refractivity (Wildman–Crippen MR) is 123 cm³/mol. The molecule has 32 heavy (non-hydrogen) atoms. The number of benzene rings is 1. The minimum Gasteiger partial charge on any atom is -0.351 e. The molecule has 0 bridgehead atoms. The van der Waals surface area contributed by atoms with Crippen LogP contribution in [0.1, 0.15) is 91.5 Å². The molecule has 1 aromatic heterocycles. The number of carbonyl (C=O) groups is 2. The van der Waals surface area contributed by atoms with E-state index in [1.807, 2.05) is 31.2 Å². The number of nitrogens with zero attached hydrogens (tertiary/aromatic N) is 3. The molecule has 2 heterocycles. The molecule has 2 fully saturated rings. The molecule has 1 N–H and O–H groups in total. The summed E-state index contributed by atoms with van der Waals surface area (Å²) in [6, 6.07) is 10.3. The molecular formula is C26H34N4O2. The van der Waals surface area contributed by atoms with Gasteiger partial charge in [-0.15, -0.1) is 0 Å². The Bertz CT molecular complexity index is 1020. The van der Waals surface area contributed by atoms with Crippen molar-refractivity contribution in [2.45, 2.75) is 95.8 Å². The second-order valence-corrected chi connectivity index (χ2v) is 10.1. The average molecular weight is 435 g/mol. The minimum absolute atomic E-state index is 0.0551. The Hall–Kier alpha value is -2.63. The van der Waals surface area contributed by atoms with Crippen LogP contribution in [0.2, 0.25) is 0 Å². The maximum Gasteiger partial charge on any atom is 0.273 e. The molecule has 2 aromatic rings. The fourth-order valence-electron chi connectivity index (χ4n) is 5.21. The smallest absolute Gasteiger partial charge is 0.273 e. The maximum atomic E-state index is 13.7.